The zero-order chi connectivity index (χ0) is 23.3. The van der Waals surface area contributed by atoms with Crippen molar-refractivity contribution >= 4 is 26.5 Å². The molecule has 0 spiro atoms. The van der Waals surface area contributed by atoms with Crippen molar-refractivity contribution < 1.29 is 13.2 Å². The van der Waals surface area contributed by atoms with Crippen molar-refractivity contribution in [1.29, 1.82) is 0 Å². The topological polar surface area (TPSA) is 80.3 Å². The molecule has 188 valence electrons. The Morgan fingerprint density at radius 2 is 1.58 bits per heavy atom. The summed E-state index contributed by atoms with van der Waals surface area (Å²) < 4.78 is 35.3. The summed E-state index contributed by atoms with van der Waals surface area (Å²) in [5, 5.41) is 4.09. The van der Waals surface area contributed by atoms with Crippen LogP contribution in [-0.2, 0) is 14.8 Å². The Morgan fingerprint density at radius 1 is 0.939 bits per heavy atom. The molecule has 0 radical (unpaired) electrons. The Hall–Kier alpha value is -0.700. The normalized spacial score (nSPS) is 28.1. The van der Waals surface area contributed by atoms with Gasteiger partial charge in [-0.15, -0.1) is 11.3 Å². The quantitative estimate of drug-likeness (QED) is 0.464. The van der Waals surface area contributed by atoms with E-state index in [-0.39, 0.29) is 12.0 Å². The molecule has 3 saturated carbocycles. The minimum atomic E-state index is -3.42. The fourth-order valence-corrected chi connectivity index (χ4v) is 9.09. The van der Waals surface area contributed by atoms with E-state index in [0.29, 0.717) is 18.9 Å². The van der Waals surface area contributed by atoms with E-state index in [4.69, 9.17) is 9.72 Å². The molecule has 1 aromatic rings. The van der Waals surface area contributed by atoms with Gasteiger partial charge in [-0.05, 0) is 69.6 Å². The number of hydrogen-bond donors (Lipinski definition) is 2. The summed E-state index contributed by atoms with van der Waals surface area (Å²) in [6, 6.07) is 0. The van der Waals surface area contributed by atoms with Gasteiger partial charge in [-0.1, -0.05) is 38.5 Å². The van der Waals surface area contributed by atoms with Gasteiger partial charge < -0.3 is 10.1 Å². The Kier molecular flexibility index (Phi) is 9.10. The molecule has 33 heavy (non-hydrogen) atoms. The monoisotopic (exact) mass is 497 g/mol. The Labute approximate surface area is 204 Å². The van der Waals surface area contributed by atoms with Crippen molar-refractivity contribution in [2.24, 2.45) is 11.8 Å². The zero-order valence-electron chi connectivity index (χ0n) is 20.5. The highest BCUT2D eigenvalue weighted by atomic mass is 32.2. The second-order valence-electron chi connectivity index (χ2n) is 10.6. The van der Waals surface area contributed by atoms with Crippen LogP contribution in [0, 0.1) is 18.8 Å². The number of sulfonamides is 1. The van der Waals surface area contributed by atoms with Gasteiger partial charge in [0.05, 0.1) is 11.8 Å². The van der Waals surface area contributed by atoms with Crippen molar-refractivity contribution in [1.82, 2.24) is 9.71 Å². The summed E-state index contributed by atoms with van der Waals surface area (Å²) in [4.78, 5) is 6.06. The molecule has 0 aromatic carbocycles. The second kappa shape index (κ2) is 11.8. The third kappa shape index (κ3) is 6.71. The molecule has 3 fully saturated rings. The van der Waals surface area contributed by atoms with Crippen LogP contribution in [0.1, 0.15) is 100.0 Å². The van der Waals surface area contributed by atoms with E-state index in [0.717, 1.165) is 49.0 Å². The van der Waals surface area contributed by atoms with Crippen molar-refractivity contribution in [3.63, 3.8) is 0 Å². The average molecular weight is 498 g/mol. The number of ether oxygens (including phenoxy) is 1. The number of hydrogen-bond acceptors (Lipinski definition) is 6. The molecular weight excluding hydrogens is 454 g/mol. The Balaban J connectivity index is 1.38. The van der Waals surface area contributed by atoms with E-state index in [1.807, 2.05) is 0 Å². The highest BCUT2D eigenvalue weighted by Gasteiger charge is 2.41. The summed E-state index contributed by atoms with van der Waals surface area (Å²) in [5.74, 6) is 1.47. The summed E-state index contributed by atoms with van der Waals surface area (Å²) in [6.45, 7) is 3.66. The lowest BCUT2D eigenvalue weighted by Crippen LogP contribution is -2.47. The van der Waals surface area contributed by atoms with E-state index in [1.54, 1.807) is 18.4 Å². The lowest BCUT2D eigenvalue weighted by Gasteiger charge is -2.35. The maximum absolute atomic E-state index is 13.3. The molecular formula is C25H43N3O3S2. The number of thiazole rings is 1. The number of nitrogens with zero attached hydrogens (tertiary/aromatic N) is 1. The highest BCUT2D eigenvalue weighted by molar-refractivity contribution is 7.90. The van der Waals surface area contributed by atoms with Crippen LogP contribution >= 0.6 is 11.3 Å². The molecule has 3 unspecified atom stereocenters. The van der Waals surface area contributed by atoms with Crippen LogP contribution in [0.3, 0.4) is 0 Å². The number of anilines is 1. The first-order valence-corrected chi connectivity index (χ1v) is 15.5. The van der Waals surface area contributed by atoms with Crippen LogP contribution < -0.4 is 10.0 Å². The number of aromatic nitrogens is 1. The van der Waals surface area contributed by atoms with Crippen LogP contribution in [0.5, 0.6) is 0 Å². The van der Waals surface area contributed by atoms with Crippen LogP contribution in [0.15, 0.2) is 0 Å². The van der Waals surface area contributed by atoms with Gasteiger partial charge in [0.1, 0.15) is 5.25 Å². The third-order valence-electron chi connectivity index (χ3n) is 8.20. The first kappa shape index (κ1) is 25.4. The maximum atomic E-state index is 13.3. The van der Waals surface area contributed by atoms with Gasteiger partial charge in [0.2, 0.25) is 10.0 Å². The van der Waals surface area contributed by atoms with Gasteiger partial charge in [0.25, 0.3) is 0 Å². The number of rotatable bonds is 9. The summed E-state index contributed by atoms with van der Waals surface area (Å²) in [6.07, 6.45) is 14.8. The smallest absolute Gasteiger partial charge is 0.217 e. The first-order valence-electron chi connectivity index (χ1n) is 13.2. The van der Waals surface area contributed by atoms with E-state index in [2.05, 4.69) is 17.0 Å². The molecule has 4 rings (SSSR count). The Bertz CT molecular complexity index is 845. The summed E-state index contributed by atoms with van der Waals surface area (Å²) in [7, 11) is -1.77. The number of nitrogens with one attached hydrogen (secondary N) is 2. The second-order valence-corrected chi connectivity index (χ2v) is 13.6. The largest absolute Gasteiger partial charge is 0.380 e. The number of methoxy groups -OCH3 is 1. The van der Waals surface area contributed by atoms with Crippen LogP contribution in [-0.4, -0.2) is 45.0 Å². The number of aryl methyl sites for hydroxylation is 1. The van der Waals surface area contributed by atoms with Gasteiger partial charge in [0.15, 0.2) is 5.13 Å². The van der Waals surface area contributed by atoms with Crippen molar-refractivity contribution in [2.45, 2.75) is 108 Å². The van der Waals surface area contributed by atoms with Crippen molar-refractivity contribution in [2.75, 3.05) is 25.5 Å². The van der Waals surface area contributed by atoms with Gasteiger partial charge >= 0.3 is 0 Å². The lowest BCUT2D eigenvalue weighted by molar-refractivity contribution is 0.0686. The van der Waals surface area contributed by atoms with Crippen LogP contribution in [0.4, 0.5) is 5.13 Å². The molecule has 0 saturated heterocycles. The average Bonchev–Trinajstić information content (AvgIpc) is 3.23. The third-order valence-corrected chi connectivity index (χ3v) is 11.3. The Morgan fingerprint density at radius 3 is 2.21 bits per heavy atom. The SMILES string of the molecule is COC1CCC(c2sc(NCC3CCCCC3)nc2C)CC1S(=O)(=O)NCC1CCCCC1. The van der Waals surface area contributed by atoms with Gasteiger partial charge in [0, 0.05) is 25.1 Å². The molecule has 3 aliphatic rings. The van der Waals surface area contributed by atoms with Crippen LogP contribution in [0.2, 0.25) is 0 Å². The molecule has 6 nitrogen and oxygen atoms in total. The van der Waals surface area contributed by atoms with Crippen molar-refractivity contribution in [3.8, 4) is 0 Å². The maximum Gasteiger partial charge on any atom is 0.217 e. The molecule has 3 atom stereocenters. The molecule has 1 heterocycles. The highest BCUT2D eigenvalue weighted by Crippen LogP contribution is 2.41. The molecule has 3 aliphatic carbocycles. The molecule has 0 aliphatic heterocycles. The van der Waals surface area contributed by atoms with E-state index < -0.39 is 15.3 Å². The minimum absolute atomic E-state index is 0.232. The molecule has 0 bridgehead atoms. The first-order chi connectivity index (χ1) is 16.0. The summed E-state index contributed by atoms with van der Waals surface area (Å²) in [5.41, 5.74) is 1.05. The van der Waals surface area contributed by atoms with Crippen LogP contribution in [0.25, 0.3) is 0 Å². The van der Waals surface area contributed by atoms with E-state index >= 15 is 0 Å². The van der Waals surface area contributed by atoms with Crippen molar-refractivity contribution in [3.05, 3.63) is 10.6 Å². The fourth-order valence-electron chi connectivity index (χ4n) is 6.15. The molecule has 8 heteroatoms. The zero-order valence-corrected chi connectivity index (χ0v) is 22.1. The van der Waals surface area contributed by atoms with E-state index in [9.17, 15) is 8.42 Å². The summed E-state index contributed by atoms with van der Waals surface area (Å²) >= 11 is 1.73. The lowest BCUT2D eigenvalue weighted by atomic mass is 9.85. The predicted molar refractivity (Wildman–Crippen MR) is 137 cm³/mol. The minimum Gasteiger partial charge on any atom is -0.380 e. The molecule has 0 amide bonds. The van der Waals surface area contributed by atoms with E-state index in [1.165, 1.54) is 56.2 Å². The van der Waals surface area contributed by atoms with Gasteiger partial charge in [-0.2, -0.15) is 0 Å². The molecule has 2 N–H and O–H groups in total. The fraction of sp³-hybridized carbons (Fsp3) is 0.880. The predicted octanol–water partition coefficient (Wildman–Crippen LogP) is 5.59. The van der Waals surface area contributed by atoms with Gasteiger partial charge in [-0.25, -0.2) is 18.1 Å². The molecule has 1 aromatic heterocycles. The standard InChI is InChI=1S/C25H43N3O3S2/c1-18-24(32-25(28-18)26-16-19-9-5-3-6-10-19)21-13-14-22(31-2)23(15-21)33(29,30)27-17-20-11-7-4-8-12-20/h19-23,27H,3-17H2,1-2H3,(H,26,28). The van der Waals surface area contributed by atoms with Gasteiger partial charge in [-0.3, -0.25) is 0 Å².